The van der Waals surface area contributed by atoms with E-state index in [-0.39, 0.29) is 5.84 Å². The molecule has 1 unspecified atom stereocenters. The van der Waals surface area contributed by atoms with Crippen molar-refractivity contribution in [2.75, 3.05) is 31.6 Å². The molecule has 0 bridgehead atoms. The SMILES string of the molecule is CCC1CN(C)CCCN1c1cc(/C(N)=N/O)cc(C)n1. The Balaban J connectivity index is 2.36. The van der Waals surface area contributed by atoms with Crippen LogP contribution in [0.5, 0.6) is 0 Å². The van der Waals surface area contributed by atoms with E-state index in [1.807, 2.05) is 19.1 Å². The molecule has 1 fully saturated rings. The van der Waals surface area contributed by atoms with E-state index in [9.17, 15) is 0 Å². The zero-order valence-electron chi connectivity index (χ0n) is 13.1. The van der Waals surface area contributed by atoms with Crippen LogP contribution < -0.4 is 10.6 Å². The molecule has 6 heteroatoms. The summed E-state index contributed by atoms with van der Waals surface area (Å²) in [6.45, 7) is 7.26. The molecule has 3 N–H and O–H groups in total. The molecule has 21 heavy (non-hydrogen) atoms. The standard InChI is InChI=1S/C15H25N5O/c1-4-13-10-19(3)6-5-7-20(13)14-9-12(15(16)18-21)8-11(2)17-14/h8-9,13,21H,4-7,10H2,1-3H3,(H2,16,18). The molecule has 0 radical (unpaired) electrons. The highest BCUT2D eigenvalue weighted by atomic mass is 16.4. The predicted octanol–water partition coefficient (Wildman–Crippen LogP) is 1.41. The Morgan fingerprint density at radius 1 is 1.48 bits per heavy atom. The van der Waals surface area contributed by atoms with Crippen LogP contribution in [-0.2, 0) is 0 Å². The minimum absolute atomic E-state index is 0.127. The van der Waals surface area contributed by atoms with Crippen molar-refractivity contribution in [3.8, 4) is 0 Å². The van der Waals surface area contributed by atoms with Crippen LogP contribution in [0.2, 0.25) is 0 Å². The molecule has 0 spiro atoms. The summed E-state index contributed by atoms with van der Waals surface area (Å²) < 4.78 is 0. The van der Waals surface area contributed by atoms with E-state index in [1.54, 1.807) is 0 Å². The maximum absolute atomic E-state index is 8.88. The number of hydrogen-bond donors (Lipinski definition) is 2. The van der Waals surface area contributed by atoms with Gasteiger partial charge < -0.3 is 20.7 Å². The van der Waals surface area contributed by atoms with E-state index in [4.69, 9.17) is 10.9 Å². The van der Waals surface area contributed by atoms with Gasteiger partial charge in [-0.05, 0) is 45.5 Å². The second-order valence-corrected chi connectivity index (χ2v) is 5.71. The van der Waals surface area contributed by atoms with Gasteiger partial charge in [-0.15, -0.1) is 0 Å². The molecular weight excluding hydrogens is 266 g/mol. The molecule has 0 aromatic carbocycles. The Labute approximate surface area is 126 Å². The van der Waals surface area contributed by atoms with Gasteiger partial charge in [-0.3, -0.25) is 0 Å². The minimum atomic E-state index is 0.127. The number of hydrogen-bond acceptors (Lipinski definition) is 5. The van der Waals surface area contributed by atoms with Crippen molar-refractivity contribution in [2.24, 2.45) is 10.9 Å². The fraction of sp³-hybridized carbons (Fsp3) is 0.600. The average Bonchev–Trinajstić information content (AvgIpc) is 2.66. The number of amidine groups is 1. The van der Waals surface area contributed by atoms with E-state index >= 15 is 0 Å². The van der Waals surface area contributed by atoms with Gasteiger partial charge in [0.1, 0.15) is 5.82 Å². The topological polar surface area (TPSA) is 78.0 Å². The highest BCUT2D eigenvalue weighted by molar-refractivity contribution is 5.97. The number of anilines is 1. The van der Waals surface area contributed by atoms with Gasteiger partial charge in [0.05, 0.1) is 0 Å². The van der Waals surface area contributed by atoms with Gasteiger partial charge in [0.25, 0.3) is 0 Å². The summed E-state index contributed by atoms with van der Waals surface area (Å²) in [4.78, 5) is 9.38. The lowest BCUT2D eigenvalue weighted by atomic mass is 10.1. The zero-order valence-corrected chi connectivity index (χ0v) is 13.1. The molecule has 2 rings (SSSR count). The number of nitrogens with zero attached hydrogens (tertiary/aromatic N) is 4. The lowest BCUT2D eigenvalue weighted by Gasteiger charge is -2.31. The number of oxime groups is 1. The second kappa shape index (κ2) is 6.76. The molecule has 116 valence electrons. The molecular formula is C15H25N5O. The van der Waals surface area contributed by atoms with Gasteiger partial charge >= 0.3 is 0 Å². The lowest BCUT2D eigenvalue weighted by Crippen LogP contribution is -2.40. The summed E-state index contributed by atoms with van der Waals surface area (Å²) in [5.41, 5.74) is 7.32. The molecule has 1 aliphatic rings. The smallest absolute Gasteiger partial charge is 0.170 e. The molecule has 0 saturated carbocycles. The number of aromatic nitrogens is 1. The average molecular weight is 291 g/mol. The summed E-state index contributed by atoms with van der Waals surface area (Å²) in [6, 6.07) is 4.19. The van der Waals surface area contributed by atoms with Crippen molar-refractivity contribution in [3.63, 3.8) is 0 Å². The first-order valence-electron chi connectivity index (χ1n) is 7.47. The van der Waals surface area contributed by atoms with Crippen LogP contribution in [0, 0.1) is 6.92 Å². The summed E-state index contributed by atoms with van der Waals surface area (Å²) in [7, 11) is 2.16. The number of likely N-dealkylation sites (N-methyl/N-ethyl adjacent to an activating group) is 1. The normalized spacial score (nSPS) is 21.4. The van der Waals surface area contributed by atoms with Gasteiger partial charge in [0.15, 0.2) is 5.84 Å². The number of rotatable bonds is 3. The summed E-state index contributed by atoms with van der Waals surface area (Å²) in [5, 5.41) is 12.0. The first-order valence-corrected chi connectivity index (χ1v) is 7.47. The Bertz CT molecular complexity index is 517. The van der Waals surface area contributed by atoms with Crippen molar-refractivity contribution < 1.29 is 5.21 Å². The van der Waals surface area contributed by atoms with E-state index < -0.39 is 0 Å². The Kier molecular flexibility index (Phi) is 5.01. The second-order valence-electron chi connectivity index (χ2n) is 5.71. The summed E-state index contributed by atoms with van der Waals surface area (Å²) in [5.74, 6) is 1.04. The summed E-state index contributed by atoms with van der Waals surface area (Å²) >= 11 is 0. The van der Waals surface area contributed by atoms with Crippen molar-refractivity contribution in [1.82, 2.24) is 9.88 Å². The van der Waals surface area contributed by atoms with Crippen molar-refractivity contribution >= 4 is 11.7 Å². The first kappa shape index (κ1) is 15.6. The van der Waals surface area contributed by atoms with Crippen LogP contribution in [0.3, 0.4) is 0 Å². The Morgan fingerprint density at radius 3 is 2.90 bits per heavy atom. The van der Waals surface area contributed by atoms with Crippen LogP contribution in [0.15, 0.2) is 17.3 Å². The predicted molar refractivity (Wildman–Crippen MR) is 85.0 cm³/mol. The van der Waals surface area contributed by atoms with Crippen LogP contribution in [0.25, 0.3) is 0 Å². The third kappa shape index (κ3) is 3.64. The molecule has 1 aliphatic heterocycles. The number of nitrogens with two attached hydrogens (primary N) is 1. The molecule has 1 aromatic rings. The van der Waals surface area contributed by atoms with Gasteiger partial charge in [-0.1, -0.05) is 12.1 Å². The monoisotopic (exact) mass is 291 g/mol. The maximum atomic E-state index is 8.88. The van der Waals surface area contributed by atoms with Crippen molar-refractivity contribution in [1.29, 1.82) is 0 Å². The number of aryl methyl sites for hydroxylation is 1. The quantitative estimate of drug-likeness (QED) is 0.381. The minimum Gasteiger partial charge on any atom is -0.409 e. The molecule has 1 atom stereocenters. The first-order chi connectivity index (χ1) is 10.0. The highest BCUT2D eigenvalue weighted by Gasteiger charge is 2.23. The molecule has 1 aromatic heterocycles. The Hall–Kier alpha value is -1.82. The number of pyridine rings is 1. The third-order valence-electron chi connectivity index (χ3n) is 4.01. The van der Waals surface area contributed by atoms with E-state index in [1.165, 1.54) is 0 Å². The van der Waals surface area contributed by atoms with E-state index in [0.717, 1.165) is 44.0 Å². The van der Waals surface area contributed by atoms with Gasteiger partial charge in [0, 0.05) is 30.4 Å². The van der Waals surface area contributed by atoms with Gasteiger partial charge in [-0.25, -0.2) is 4.98 Å². The van der Waals surface area contributed by atoms with Crippen molar-refractivity contribution in [3.05, 3.63) is 23.4 Å². The molecule has 0 aliphatic carbocycles. The lowest BCUT2D eigenvalue weighted by molar-refractivity contribution is 0.318. The van der Waals surface area contributed by atoms with Crippen LogP contribution in [0.1, 0.15) is 31.0 Å². The molecule has 1 saturated heterocycles. The highest BCUT2D eigenvalue weighted by Crippen LogP contribution is 2.22. The van der Waals surface area contributed by atoms with Crippen molar-refractivity contribution in [2.45, 2.75) is 32.7 Å². The van der Waals surface area contributed by atoms with E-state index in [2.05, 4.69) is 33.9 Å². The van der Waals surface area contributed by atoms with Gasteiger partial charge in [0.2, 0.25) is 0 Å². The third-order valence-corrected chi connectivity index (χ3v) is 4.01. The van der Waals surface area contributed by atoms with Gasteiger partial charge in [-0.2, -0.15) is 0 Å². The molecule has 6 nitrogen and oxygen atoms in total. The van der Waals surface area contributed by atoms with Crippen LogP contribution in [0.4, 0.5) is 5.82 Å². The largest absolute Gasteiger partial charge is 0.409 e. The van der Waals surface area contributed by atoms with E-state index in [0.29, 0.717) is 11.6 Å². The fourth-order valence-corrected chi connectivity index (χ4v) is 2.90. The van der Waals surface area contributed by atoms with Crippen LogP contribution >= 0.6 is 0 Å². The molecule has 2 heterocycles. The van der Waals surface area contributed by atoms with Crippen LogP contribution in [-0.4, -0.2) is 53.7 Å². The maximum Gasteiger partial charge on any atom is 0.170 e. The summed E-state index contributed by atoms with van der Waals surface area (Å²) in [6.07, 6.45) is 2.18. The Morgan fingerprint density at radius 2 is 2.24 bits per heavy atom. The zero-order chi connectivity index (χ0) is 15.4. The fourth-order valence-electron chi connectivity index (χ4n) is 2.90. The molecule has 0 amide bonds.